The van der Waals surface area contributed by atoms with E-state index >= 15 is 0 Å². The van der Waals surface area contributed by atoms with Gasteiger partial charge in [-0.2, -0.15) is 4.99 Å². The van der Waals surface area contributed by atoms with Gasteiger partial charge in [0, 0.05) is 0 Å². The van der Waals surface area contributed by atoms with E-state index in [-0.39, 0.29) is 5.17 Å². The molecule has 0 aromatic heterocycles. The molecule has 0 atom stereocenters. The number of nitrogens with zero attached hydrogens (tertiary/aromatic N) is 1. The summed E-state index contributed by atoms with van der Waals surface area (Å²) in [4.78, 5) is 14.2. The van der Waals surface area contributed by atoms with Crippen LogP contribution < -0.4 is 5.73 Å². The van der Waals surface area contributed by atoms with Gasteiger partial charge in [0.05, 0.1) is 6.61 Å². The van der Waals surface area contributed by atoms with Crippen LogP contribution >= 0.6 is 11.8 Å². The van der Waals surface area contributed by atoms with E-state index in [2.05, 4.69) is 16.3 Å². The zero-order valence-corrected chi connectivity index (χ0v) is 7.76. The first-order valence-corrected chi connectivity index (χ1v) is 4.59. The SMILES string of the molecule is C=CCCOC(=O)N=C(N)SC. The van der Waals surface area contributed by atoms with E-state index in [1.54, 1.807) is 12.3 Å². The Hall–Kier alpha value is -0.970. The number of rotatable bonds is 3. The average molecular weight is 188 g/mol. The van der Waals surface area contributed by atoms with Crippen LogP contribution in [0.4, 0.5) is 4.79 Å². The summed E-state index contributed by atoms with van der Waals surface area (Å²) in [6.45, 7) is 3.78. The minimum absolute atomic E-state index is 0.207. The van der Waals surface area contributed by atoms with Crippen LogP contribution in [-0.2, 0) is 4.74 Å². The number of ether oxygens (including phenoxy) is 1. The number of aliphatic imine (C=N–C) groups is 1. The van der Waals surface area contributed by atoms with Crippen molar-refractivity contribution >= 4 is 23.0 Å². The molecule has 0 aromatic carbocycles. The van der Waals surface area contributed by atoms with Gasteiger partial charge in [0.2, 0.25) is 0 Å². The van der Waals surface area contributed by atoms with Crippen molar-refractivity contribution < 1.29 is 9.53 Å². The molecule has 0 heterocycles. The molecular formula is C7H12N2O2S. The van der Waals surface area contributed by atoms with Crippen LogP contribution in [0.5, 0.6) is 0 Å². The molecule has 0 rings (SSSR count). The molecule has 12 heavy (non-hydrogen) atoms. The minimum Gasteiger partial charge on any atom is -0.448 e. The Morgan fingerprint density at radius 2 is 2.50 bits per heavy atom. The van der Waals surface area contributed by atoms with Gasteiger partial charge in [-0.25, -0.2) is 4.79 Å². The molecule has 0 aliphatic heterocycles. The molecule has 5 heteroatoms. The van der Waals surface area contributed by atoms with Crippen molar-refractivity contribution in [2.45, 2.75) is 6.42 Å². The molecular weight excluding hydrogens is 176 g/mol. The largest absolute Gasteiger partial charge is 0.448 e. The van der Waals surface area contributed by atoms with Crippen molar-refractivity contribution in [2.24, 2.45) is 10.7 Å². The van der Waals surface area contributed by atoms with E-state index in [4.69, 9.17) is 5.73 Å². The van der Waals surface area contributed by atoms with E-state index in [0.29, 0.717) is 13.0 Å². The van der Waals surface area contributed by atoms with Crippen molar-refractivity contribution in [3.8, 4) is 0 Å². The maximum atomic E-state index is 10.7. The third kappa shape index (κ3) is 5.79. The Bertz CT molecular complexity index is 192. The molecule has 0 fully saturated rings. The topological polar surface area (TPSA) is 64.7 Å². The Morgan fingerprint density at radius 3 is 3.00 bits per heavy atom. The number of nitrogens with two attached hydrogens (primary N) is 1. The van der Waals surface area contributed by atoms with E-state index < -0.39 is 6.09 Å². The van der Waals surface area contributed by atoms with Gasteiger partial charge in [-0.15, -0.1) is 6.58 Å². The van der Waals surface area contributed by atoms with Crippen LogP contribution in [0.15, 0.2) is 17.6 Å². The lowest BCUT2D eigenvalue weighted by atomic mass is 10.5. The molecule has 0 bridgehead atoms. The second kappa shape index (κ2) is 6.72. The van der Waals surface area contributed by atoms with Gasteiger partial charge in [-0.05, 0) is 12.7 Å². The van der Waals surface area contributed by atoms with Crippen LogP contribution in [0.3, 0.4) is 0 Å². The lowest BCUT2D eigenvalue weighted by Gasteiger charge is -1.97. The molecule has 0 aromatic rings. The summed E-state index contributed by atoms with van der Waals surface area (Å²) in [5, 5.41) is 0.207. The molecule has 0 saturated carbocycles. The number of amidine groups is 1. The summed E-state index contributed by atoms with van der Waals surface area (Å²) in [6, 6.07) is 0. The van der Waals surface area contributed by atoms with Crippen LogP contribution in [0, 0.1) is 0 Å². The summed E-state index contributed by atoms with van der Waals surface area (Å²) in [7, 11) is 0. The van der Waals surface area contributed by atoms with E-state index in [1.165, 1.54) is 11.8 Å². The summed E-state index contributed by atoms with van der Waals surface area (Å²) >= 11 is 1.20. The van der Waals surface area contributed by atoms with E-state index in [0.717, 1.165) is 0 Å². The summed E-state index contributed by atoms with van der Waals surface area (Å²) < 4.78 is 4.66. The standard InChI is InChI=1S/C7H12N2O2S/c1-3-4-5-11-7(10)9-6(8)12-2/h3H,1,4-5H2,2H3,(H2,8,9,10). The third-order valence-corrected chi connectivity index (χ3v) is 1.47. The van der Waals surface area contributed by atoms with Crippen molar-refractivity contribution in [3.05, 3.63) is 12.7 Å². The fraction of sp³-hybridized carbons (Fsp3) is 0.429. The Labute approximate surface area is 75.9 Å². The predicted octanol–water partition coefficient (Wildman–Crippen LogP) is 1.38. The zero-order valence-electron chi connectivity index (χ0n) is 6.95. The molecule has 0 aliphatic rings. The Morgan fingerprint density at radius 1 is 1.83 bits per heavy atom. The van der Waals surface area contributed by atoms with Crippen molar-refractivity contribution in [1.82, 2.24) is 0 Å². The first-order chi connectivity index (χ1) is 5.70. The molecule has 0 aliphatic carbocycles. The Kier molecular flexibility index (Phi) is 6.18. The zero-order chi connectivity index (χ0) is 9.40. The smallest absolute Gasteiger partial charge is 0.436 e. The second-order valence-electron chi connectivity index (χ2n) is 1.85. The van der Waals surface area contributed by atoms with Crippen molar-refractivity contribution in [2.75, 3.05) is 12.9 Å². The van der Waals surface area contributed by atoms with Crippen molar-refractivity contribution in [1.29, 1.82) is 0 Å². The predicted molar refractivity (Wildman–Crippen MR) is 51.3 cm³/mol. The number of amides is 1. The van der Waals surface area contributed by atoms with Crippen LogP contribution in [0.25, 0.3) is 0 Å². The van der Waals surface area contributed by atoms with Gasteiger partial charge in [-0.3, -0.25) is 0 Å². The lowest BCUT2D eigenvalue weighted by Crippen LogP contribution is -2.10. The lowest BCUT2D eigenvalue weighted by molar-refractivity contribution is 0.159. The van der Waals surface area contributed by atoms with Crippen LogP contribution in [0.2, 0.25) is 0 Å². The molecule has 0 spiro atoms. The highest BCUT2D eigenvalue weighted by Gasteiger charge is 1.98. The average Bonchev–Trinajstić information content (AvgIpc) is 2.05. The third-order valence-electron chi connectivity index (χ3n) is 0.958. The van der Waals surface area contributed by atoms with E-state index in [1.807, 2.05) is 0 Å². The number of carbonyl (C=O) groups excluding carboxylic acids is 1. The molecule has 68 valence electrons. The number of hydrogen-bond donors (Lipinski definition) is 1. The monoisotopic (exact) mass is 188 g/mol. The van der Waals surface area contributed by atoms with Gasteiger partial charge in [0.25, 0.3) is 0 Å². The van der Waals surface area contributed by atoms with Gasteiger partial charge >= 0.3 is 6.09 Å². The summed E-state index contributed by atoms with van der Waals surface area (Å²) in [6.07, 6.45) is 3.37. The highest BCUT2D eigenvalue weighted by molar-refractivity contribution is 8.13. The fourth-order valence-electron chi connectivity index (χ4n) is 0.397. The molecule has 4 nitrogen and oxygen atoms in total. The quantitative estimate of drug-likeness (QED) is 0.314. The van der Waals surface area contributed by atoms with Crippen LogP contribution in [0.1, 0.15) is 6.42 Å². The summed E-state index contributed by atoms with van der Waals surface area (Å²) in [5.74, 6) is 0. The first-order valence-electron chi connectivity index (χ1n) is 3.36. The number of carbonyl (C=O) groups is 1. The van der Waals surface area contributed by atoms with Gasteiger partial charge < -0.3 is 10.5 Å². The molecule has 0 radical (unpaired) electrons. The molecule has 2 N–H and O–H groups in total. The second-order valence-corrected chi connectivity index (χ2v) is 2.67. The van der Waals surface area contributed by atoms with Crippen molar-refractivity contribution in [3.63, 3.8) is 0 Å². The highest BCUT2D eigenvalue weighted by atomic mass is 32.2. The minimum atomic E-state index is -0.649. The van der Waals surface area contributed by atoms with Gasteiger partial charge in [0.15, 0.2) is 5.17 Å². The summed E-state index contributed by atoms with van der Waals surface area (Å²) in [5.41, 5.74) is 5.27. The van der Waals surface area contributed by atoms with Crippen LogP contribution in [-0.4, -0.2) is 24.1 Å². The number of hydrogen-bond acceptors (Lipinski definition) is 3. The highest BCUT2D eigenvalue weighted by Crippen LogP contribution is 1.94. The molecule has 1 amide bonds. The molecule has 0 saturated heterocycles. The normalized spacial score (nSPS) is 10.9. The van der Waals surface area contributed by atoms with E-state index in [9.17, 15) is 4.79 Å². The maximum Gasteiger partial charge on any atom is 0.436 e. The van der Waals surface area contributed by atoms with Gasteiger partial charge in [-0.1, -0.05) is 17.8 Å². The maximum absolute atomic E-state index is 10.7. The first kappa shape index (κ1) is 11.0. The molecule has 0 unspecified atom stereocenters. The number of thioether (sulfide) groups is 1. The fourth-order valence-corrected chi connectivity index (χ4v) is 0.563. The Balaban J connectivity index is 3.66. The van der Waals surface area contributed by atoms with Gasteiger partial charge in [0.1, 0.15) is 0 Å².